The highest BCUT2D eigenvalue weighted by molar-refractivity contribution is 6.30. The SMILES string of the molecule is Cn1cnc2cncc(NC(=O)C3CCOc4ccc(Cl)cc43)c21. The number of amides is 1. The molecule has 122 valence electrons. The molecule has 4 rings (SSSR count). The zero-order valence-corrected chi connectivity index (χ0v) is 13.7. The van der Waals surface area contributed by atoms with Gasteiger partial charge in [-0.3, -0.25) is 9.78 Å². The summed E-state index contributed by atoms with van der Waals surface area (Å²) in [6, 6.07) is 5.37. The average Bonchev–Trinajstić information content (AvgIpc) is 2.96. The van der Waals surface area contributed by atoms with Gasteiger partial charge in [0.1, 0.15) is 11.3 Å². The van der Waals surface area contributed by atoms with Gasteiger partial charge < -0.3 is 14.6 Å². The number of nitrogens with zero attached hydrogens (tertiary/aromatic N) is 3. The number of carbonyl (C=O) groups is 1. The summed E-state index contributed by atoms with van der Waals surface area (Å²) >= 11 is 6.08. The number of hydrogen-bond acceptors (Lipinski definition) is 4. The maximum absolute atomic E-state index is 12.9. The number of pyridine rings is 1. The van der Waals surface area contributed by atoms with Gasteiger partial charge in [0.25, 0.3) is 0 Å². The van der Waals surface area contributed by atoms with Gasteiger partial charge in [-0.2, -0.15) is 0 Å². The molecule has 6 nitrogen and oxygen atoms in total. The molecule has 1 unspecified atom stereocenters. The van der Waals surface area contributed by atoms with Crippen molar-refractivity contribution < 1.29 is 9.53 Å². The Morgan fingerprint density at radius 1 is 1.42 bits per heavy atom. The Morgan fingerprint density at radius 2 is 2.29 bits per heavy atom. The second-order valence-electron chi connectivity index (χ2n) is 5.77. The molecule has 1 aliphatic rings. The summed E-state index contributed by atoms with van der Waals surface area (Å²) in [6.07, 6.45) is 5.62. The van der Waals surface area contributed by atoms with Crippen molar-refractivity contribution in [2.75, 3.05) is 11.9 Å². The molecule has 0 spiro atoms. The fourth-order valence-corrected chi connectivity index (χ4v) is 3.24. The summed E-state index contributed by atoms with van der Waals surface area (Å²) in [5, 5.41) is 3.57. The highest BCUT2D eigenvalue weighted by atomic mass is 35.5. The predicted octanol–water partition coefficient (Wildman–Crippen LogP) is 3.13. The third-order valence-electron chi connectivity index (χ3n) is 4.21. The number of benzene rings is 1. The van der Waals surface area contributed by atoms with Crippen LogP contribution in [0.5, 0.6) is 5.75 Å². The first kappa shape index (κ1) is 15.0. The lowest BCUT2D eigenvalue weighted by Crippen LogP contribution is -2.26. The molecule has 0 radical (unpaired) electrons. The molecule has 1 aromatic carbocycles. The first-order chi connectivity index (χ1) is 11.6. The first-order valence-electron chi connectivity index (χ1n) is 7.61. The quantitative estimate of drug-likeness (QED) is 0.776. The second-order valence-corrected chi connectivity index (χ2v) is 6.21. The van der Waals surface area contributed by atoms with Crippen LogP contribution < -0.4 is 10.1 Å². The van der Waals surface area contributed by atoms with Gasteiger partial charge in [-0.1, -0.05) is 11.6 Å². The van der Waals surface area contributed by atoms with E-state index in [2.05, 4.69) is 15.3 Å². The minimum absolute atomic E-state index is 0.0997. The third-order valence-corrected chi connectivity index (χ3v) is 4.44. The summed E-state index contributed by atoms with van der Waals surface area (Å²) in [6.45, 7) is 0.501. The lowest BCUT2D eigenvalue weighted by Gasteiger charge is -2.25. The molecule has 2 aromatic heterocycles. The second kappa shape index (κ2) is 5.79. The van der Waals surface area contributed by atoms with E-state index in [9.17, 15) is 4.79 Å². The molecule has 7 heteroatoms. The Balaban J connectivity index is 1.68. The third kappa shape index (κ3) is 2.49. The number of aromatic nitrogens is 3. The number of hydrogen-bond donors (Lipinski definition) is 1. The van der Waals surface area contributed by atoms with E-state index in [1.54, 1.807) is 36.9 Å². The van der Waals surface area contributed by atoms with Crippen molar-refractivity contribution in [3.8, 4) is 5.75 Å². The van der Waals surface area contributed by atoms with Crippen LogP contribution in [0.2, 0.25) is 5.02 Å². The summed E-state index contributed by atoms with van der Waals surface area (Å²) in [7, 11) is 1.88. The zero-order chi connectivity index (χ0) is 16.7. The molecule has 0 bridgehead atoms. The van der Waals surface area contributed by atoms with Crippen molar-refractivity contribution in [3.63, 3.8) is 0 Å². The highest BCUT2D eigenvalue weighted by Crippen LogP contribution is 2.36. The maximum Gasteiger partial charge on any atom is 0.232 e. The smallest absolute Gasteiger partial charge is 0.232 e. The number of aryl methyl sites for hydroxylation is 1. The molecule has 3 heterocycles. The Labute approximate surface area is 143 Å². The molecule has 1 atom stereocenters. The largest absolute Gasteiger partial charge is 0.493 e. The standard InChI is InChI=1S/C17H15ClN4O2/c1-22-9-20-13-7-19-8-14(16(13)22)21-17(23)11-4-5-24-15-3-2-10(18)6-12(11)15/h2-3,6-9,11H,4-5H2,1H3,(H,21,23). The number of ether oxygens (including phenoxy) is 1. The minimum Gasteiger partial charge on any atom is -0.493 e. The summed E-state index contributed by atoms with van der Waals surface area (Å²) in [4.78, 5) is 21.3. The average molecular weight is 343 g/mol. The highest BCUT2D eigenvalue weighted by Gasteiger charge is 2.28. The van der Waals surface area contributed by atoms with Crippen LogP contribution in [-0.2, 0) is 11.8 Å². The van der Waals surface area contributed by atoms with Gasteiger partial charge in [-0.05, 0) is 24.6 Å². The van der Waals surface area contributed by atoms with Crippen LogP contribution in [0.1, 0.15) is 17.9 Å². The molecule has 1 N–H and O–H groups in total. The predicted molar refractivity (Wildman–Crippen MR) is 91.4 cm³/mol. The minimum atomic E-state index is -0.309. The molecular formula is C17H15ClN4O2. The van der Waals surface area contributed by atoms with Crippen LogP contribution in [0.15, 0.2) is 36.9 Å². The Bertz CT molecular complexity index is 937. The van der Waals surface area contributed by atoms with Gasteiger partial charge in [0.2, 0.25) is 5.91 Å². The van der Waals surface area contributed by atoms with E-state index in [1.165, 1.54) is 0 Å². The first-order valence-corrected chi connectivity index (χ1v) is 7.99. The molecule has 0 saturated carbocycles. The number of carbonyl (C=O) groups excluding carboxylic acids is 1. The molecule has 0 saturated heterocycles. The number of fused-ring (bicyclic) bond motifs is 2. The lowest BCUT2D eigenvalue weighted by atomic mass is 9.92. The topological polar surface area (TPSA) is 69.0 Å². The van der Waals surface area contributed by atoms with Crippen LogP contribution in [0.3, 0.4) is 0 Å². The van der Waals surface area contributed by atoms with Gasteiger partial charge in [-0.15, -0.1) is 0 Å². The van der Waals surface area contributed by atoms with E-state index in [4.69, 9.17) is 16.3 Å². The van der Waals surface area contributed by atoms with Gasteiger partial charge in [-0.25, -0.2) is 4.98 Å². The van der Waals surface area contributed by atoms with E-state index >= 15 is 0 Å². The van der Waals surface area contributed by atoms with Crippen molar-refractivity contribution in [1.29, 1.82) is 0 Å². The maximum atomic E-state index is 12.9. The van der Waals surface area contributed by atoms with Crippen LogP contribution in [0.25, 0.3) is 11.0 Å². The fourth-order valence-electron chi connectivity index (χ4n) is 3.06. The Kier molecular flexibility index (Phi) is 3.61. The van der Waals surface area contributed by atoms with Crippen LogP contribution >= 0.6 is 11.6 Å². The van der Waals surface area contributed by atoms with Crippen molar-refractivity contribution in [3.05, 3.63) is 47.5 Å². The number of imidazole rings is 1. The summed E-state index contributed by atoms with van der Waals surface area (Å²) < 4.78 is 7.48. The van der Waals surface area contributed by atoms with Crippen molar-refractivity contribution in [2.45, 2.75) is 12.3 Å². The molecule has 3 aromatic rings. The Hall–Kier alpha value is -2.60. The summed E-state index contributed by atoms with van der Waals surface area (Å²) in [5.74, 6) is 0.302. The molecule has 24 heavy (non-hydrogen) atoms. The normalized spacial score (nSPS) is 16.5. The zero-order valence-electron chi connectivity index (χ0n) is 13.0. The molecule has 0 fully saturated rings. The van der Waals surface area contributed by atoms with Crippen molar-refractivity contribution in [2.24, 2.45) is 7.05 Å². The van der Waals surface area contributed by atoms with E-state index in [1.807, 2.05) is 11.6 Å². The Morgan fingerprint density at radius 3 is 3.17 bits per heavy atom. The molecule has 1 aliphatic heterocycles. The molecular weight excluding hydrogens is 328 g/mol. The number of anilines is 1. The van der Waals surface area contributed by atoms with E-state index < -0.39 is 0 Å². The van der Waals surface area contributed by atoms with Gasteiger partial charge in [0.05, 0.1) is 42.4 Å². The van der Waals surface area contributed by atoms with E-state index in [0.717, 1.165) is 16.6 Å². The van der Waals surface area contributed by atoms with Crippen LogP contribution in [-0.4, -0.2) is 27.0 Å². The monoisotopic (exact) mass is 342 g/mol. The lowest BCUT2D eigenvalue weighted by molar-refractivity contribution is -0.118. The van der Waals surface area contributed by atoms with Crippen LogP contribution in [0, 0.1) is 0 Å². The van der Waals surface area contributed by atoms with E-state index in [-0.39, 0.29) is 11.8 Å². The number of nitrogens with one attached hydrogen (secondary N) is 1. The fraction of sp³-hybridized carbons (Fsp3) is 0.235. The number of halogens is 1. The van der Waals surface area contributed by atoms with Crippen molar-refractivity contribution in [1.82, 2.24) is 14.5 Å². The molecule has 1 amide bonds. The van der Waals surface area contributed by atoms with Gasteiger partial charge in [0, 0.05) is 17.6 Å². The molecule has 0 aliphatic carbocycles. The number of rotatable bonds is 2. The summed E-state index contributed by atoms with van der Waals surface area (Å²) in [5.41, 5.74) is 3.05. The van der Waals surface area contributed by atoms with Gasteiger partial charge >= 0.3 is 0 Å². The van der Waals surface area contributed by atoms with Gasteiger partial charge in [0.15, 0.2) is 0 Å². The van der Waals surface area contributed by atoms with Crippen LogP contribution in [0.4, 0.5) is 5.69 Å². The van der Waals surface area contributed by atoms with E-state index in [0.29, 0.717) is 29.5 Å². The van der Waals surface area contributed by atoms with Crippen molar-refractivity contribution >= 4 is 34.2 Å².